The normalized spacial score (nSPS) is 11.2. The molecule has 0 radical (unpaired) electrons. The first-order valence-electron chi connectivity index (χ1n) is 6.56. The Morgan fingerprint density at radius 2 is 1.90 bits per heavy atom. The number of hydrogen-bond acceptors (Lipinski definition) is 4. The van der Waals surface area contributed by atoms with E-state index in [0.29, 0.717) is 11.7 Å². The van der Waals surface area contributed by atoms with Crippen molar-refractivity contribution in [1.29, 1.82) is 0 Å². The maximum atomic E-state index is 5.98. The fourth-order valence-electron chi connectivity index (χ4n) is 2.19. The first kappa shape index (κ1) is 12.9. The zero-order valence-corrected chi connectivity index (χ0v) is 12.3. The Bertz CT molecular complexity index is 697. The number of benzene rings is 1. The second kappa shape index (κ2) is 5.13. The van der Waals surface area contributed by atoms with Gasteiger partial charge in [-0.15, -0.1) is 11.3 Å². The molecule has 102 valence electrons. The van der Waals surface area contributed by atoms with Crippen molar-refractivity contribution in [2.45, 2.75) is 19.8 Å². The molecule has 3 nitrogen and oxygen atoms in total. The predicted molar refractivity (Wildman–Crippen MR) is 83.8 cm³/mol. The van der Waals surface area contributed by atoms with E-state index in [1.54, 1.807) is 11.3 Å². The molecule has 0 aliphatic rings. The minimum absolute atomic E-state index is 0.436. The Morgan fingerprint density at radius 3 is 2.50 bits per heavy atom. The smallest absolute Gasteiger partial charge is 0.186 e. The van der Waals surface area contributed by atoms with Crippen molar-refractivity contribution in [2.24, 2.45) is 0 Å². The van der Waals surface area contributed by atoms with E-state index in [4.69, 9.17) is 10.3 Å². The molecular formula is C16H16N2OS. The van der Waals surface area contributed by atoms with E-state index >= 15 is 0 Å². The van der Waals surface area contributed by atoms with Gasteiger partial charge in [0.1, 0.15) is 0 Å². The zero-order valence-electron chi connectivity index (χ0n) is 11.5. The summed E-state index contributed by atoms with van der Waals surface area (Å²) in [4.78, 5) is 1.04. The fraction of sp³-hybridized carbons (Fsp3) is 0.188. The zero-order chi connectivity index (χ0) is 14.1. The summed E-state index contributed by atoms with van der Waals surface area (Å²) < 4.78 is 5.41. The van der Waals surface area contributed by atoms with Crippen molar-refractivity contribution in [1.82, 2.24) is 5.16 Å². The summed E-state index contributed by atoms with van der Waals surface area (Å²) in [6, 6.07) is 12.4. The number of thiophene rings is 1. The monoisotopic (exact) mass is 284 g/mol. The molecule has 0 bridgehead atoms. The molecule has 0 unspecified atom stereocenters. The lowest BCUT2D eigenvalue weighted by molar-refractivity contribution is 0.437. The third-order valence-corrected chi connectivity index (χ3v) is 4.20. The number of anilines is 1. The predicted octanol–water partition coefficient (Wildman–Crippen LogP) is 4.78. The summed E-state index contributed by atoms with van der Waals surface area (Å²) in [6.45, 7) is 4.36. The van der Waals surface area contributed by atoms with Gasteiger partial charge in [-0.3, -0.25) is 0 Å². The lowest BCUT2D eigenvalue weighted by Crippen LogP contribution is -1.90. The lowest BCUT2D eigenvalue weighted by atomic mass is 9.98. The molecule has 3 rings (SSSR count). The van der Waals surface area contributed by atoms with Crippen molar-refractivity contribution >= 4 is 17.2 Å². The lowest BCUT2D eigenvalue weighted by Gasteiger charge is -2.07. The van der Waals surface area contributed by atoms with E-state index in [1.807, 2.05) is 17.5 Å². The summed E-state index contributed by atoms with van der Waals surface area (Å²) >= 11 is 1.62. The van der Waals surface area contributed by atoms with Crippen LogP contribution in [0, 0.1) is 0 Å². The van der Waals surface area contributed by atoms with Crippen LogP contribution in [0.15, 0.2) is 46.3 Å². The number of nitrogen functional groups attached to an aromatic ring is 1. The van der Waals surface area contributed by atoms with Crippen LogP contribution in [0.3, 0.4) is 0 Å². The summed E-state index contributed by atoms with van der Waals surface area (Å²) in [5, 5.41) is 5.93. The first-order valence-corrected chi connectivity index (χ1v) is 7.44. The van der Waals surface area contributed by atoms with E-state index < -0.39 is 0 Å². The van der Waals surface area contributed by atoms with Gasteiger partial charge in [-0.05, 0) is 28.5 Å². The van der Waals surface area contributed by atoms with Gasteiger partial charge in [0.2, 0.25) is 0 Å². The highest BCUT2D eigenvalue weighted by Gasteiger charge is 2.18. The van der Waals surface area contributed by atoms with Crippen molar-refractivity contribution in [3.05, 3.63) is 47.3 Å². The molecule has 0 atom stereocenters. The second-order valence-electron chi connectivity index (χ2n) is 5.03. The van der Waals surface area contributed by atoms with Crippen molar-refractivity contribution in [2.75, 3.05) is 5.73 Å². The number of hydrogen-bond donors (Lipinski definition) is 1. The molecule has 4 heteroatoms. The van der Waals surface area contributed by atoms with Crippen molar-refractivity contribution < 1.29 is 4.52 Å². The van der Waals surface area contributed by atoms with E-state index in [1.165, 1.54) is 5.56 Å². The third kappa shape index (κ3) is 2.23. The van der Waals surface area contributed by atoms with E-state index in [0.717, 1.165) is 21.8 Å². The van der Waals surface area contributed by atoms with Crippen molar-refractivity contribution in [3.8, 4) is 21.8 Å². The van der Waals surface area contributed by atoms with Crippen LogP contribution in [0.1, 0.15) is 25.3 Å². The van der Waals surface area contributed by atoms with Gasteiger partial charge in [0.25, 0.3) is 0 Å². The molecule has 0 saturated heterocycles. The Kier molecular flexibility index (Phi) is 3.32. The average Bonchev–Trinajstić information content (AvgIpc) is 3.07. The summed E-state index contributed by atoms with van der Waals surface area (Å²) in [5.74, 6) is 1.70. The fourth-order valence-corrected chi connectivity index (χ4v) is 2.90. The van der Waals surface area contributed by atoms with Crippen LogP contribution in [0.25, 0.3) is 21.8 Å². The van der Waals surface area contributed by atoms with Gasteiger partial charge in [0, 0.05) is 0 Å². The molecule has 20 heavy (non-hydrogen) atoms. The second-order valence-corrected chi connectivity index (χ2v) is 5.97. The molecular weight excluding hydrogens is 268 g/mol. The molecule has 2 N–H and O–H groups in total. The largest absolute Gasteiger partial charge is 0.380 e. The molecule has 0 aliphatic heterocycles. The quantitative estimate of drug-likeness (QED) is 0.753. The number of nitrogens with zero attached hydrogens (tertiary/aromatic N) is 1. The van der Waals surface area contributed by atoms with Crippen LogP contribution in [0.5, 0.6) is 0 Å². The average molecular weight is 284 g/mol. The molecule has 2 aromatic heterocycles. The van der Waals surface area contributed by atoms with Gasteiger partial charge < -0.3 is 10.3 Å². The van der Waals surface area contributed by atoms with Gasteiger partial charge >= 0.3 is 0 Å². The maximum Gasteiger partial charge on any atom is 0.186 e. The minimum Gasteiger partial charge on any atom is -0.380 e. The number of nitrogens with two attached hydrogens (primary N) is 1. The standard InChI is InChI=1S/C16H16N2OS/c1-10(2)11-5-7-12(8-6-11)14-15(19-18-16(14)17)13-4-3-9-20-13/h3-10H,1-2H3,(H2,17,18). The third-order valence-electron chi connectivity index (χ3n) is 3.33. The summed E-state index contributed by atoms with van der Waals surface area (Å²) in [7, 11) is 0. The molecule has 0 amide bonds. The highest BCUT2D eigenvalue weighted by molar-refractivity contribution is 7.13. The SMILES string of the molecule is CC(C)c1ccc(-c2c(N)noc2-c2cccs2)cc1. The van der Waals surface area contributed by atoms with Gasteiger partial charge in [-0.25, -0.2) is 0 Å². The molecule has 2 heterocycles. The Labute approximate surface area is 122 Å². The van der Waals surface area contributed by atoms with Crippen LogP contribution in [0.4, 0.5) is 5.82 Å². The molecule has 0 spiro atoms. The Balaban J connectivity index is 2.08. The van der Waals surface area contributed by atoms with Crippen LogP contribution < -0.4 is 5.73 Å². The van der Waals surface area contributed by atoms with Gasteiger partial charge in [-0.1, -0.05) is 49.3 Å². The van der Waals surface area contributed by atoms with Gasteiger partial charge in [0.15, 0.2) is 11.6 Å². The minimum atomic E-state index is 0.436. The first-order chi connectivity index (χ1) is 9.66. The van der Waals surface area contributed by atoms with Crippen LogP contribution >= 0.6 is 11.3 Å². The van der Waals surface area contributed by atoms with E-state index in [2.05, 4.69) is 43.3 Å². The molecule has 0 saturated carbocycles. The van der Waals surface area contributed by atoms with Gasteiger partial charge in [-0.2, -0.15) is 0 Å². The summed E-state index contributed by atoms with van der Waals surface area (Å²) in [6.07, 6.45) is 0. The molecule has 0 fully saturated rings. The van der Waals surface area contributed by atoms with Crippen LogP contribution in [-0.4, -0.2) is 5.16 Å². The molecule has 1 aromatic carbocycles. The molecule has 3 aromatic rings. The van der Waals surface area contributed by atoms with Crippen LogP contribution in [0.2, 0.25) is 0 Å². The van der Waals surface area contributed by atoms with E-state index in [9.17, 15) is 0 Å². The van der Waals surface area contributed by atoms with E-state index in [-0.39, 0.29) is 0 Å². The Hall–Kier alpha value is -2.07. The topological polar surface area (TPSA) is 52.0 Å². The Morgan fingerprint density at radius 1 is 1.15 bits per heavy atom. The number of rotatable bonds is 3. The van der Waals surface area contributed by atoms with Crippen LogP contribution in [-0.2, 0) is 0 Å². The summed E-state index contributed by atoms with van der Waals surface area (Å²) in [5.41, 5.74) is 9.20. The highest BCUT2D eigenvalue weighted by Crippen LogP contribution is 2.38. The molecule has 0 aliphatic carbocycles. The van der Waals surface area contributed by atoms with Gasteiger partial charge in [0.05, 0.1) is 10.4 Å². The maximum absolute atomic E-state index is 5.98. The number of aromatic nitrogens is 1. The van der Waals surface area contributed by atoms with Crippen molar-refractivity contribution in [3.63, 3.8) is 0 Å². The highest BCUT2D eigenvalue weighted by atomic mass is 32.1.